The van der Waals surface area contributed by atoms with E-state index in [2.05, 4.69) is 56.9 Å². The normalized spacial score (nSPS) is 14.1. The summed E-state index contributed by atoms with van der Waals surface area (Å²) < 4.78 is 0. The first-order chi connectivity index (χ1) is 12.4. The molecule has 0 amide bonds. The topological polar surface area (TPSA) is 74.2 Å². The number of aromatic nitrogens is 2. The Morgan fingerprint density at radius 1 is 1.04 bits per heavy atom. The minimum absolute atomic E-state index is 0.333. The van der Waals surface area contributed by atoms with Crippen molar-refractivity contribution in [3.8, 4) is 0 Å². The van der Waals surface area contributed by atoms with Gasteiger partial charge in [0.25, 0.3) is 0 Å². The molecule has 0 aliphatic heterocycles. The zero-order valence-electron chi connectivity index (χ0n) is 15.6. The zero-order chi connectivity index (χ0) is 18.7. The molecule has 1 aromatic carbocycles. The van der Waals surface area contributed by atoms with Gasteiger partial charge in [0.05, 0.1) is 6.04 Å². The summed E-state index contributed by atoms with van der Waals surface area (Å²) in [6.45, 7) is 8.01. The third-order valence-electron chi connectivity index (χ3n) is 3.93. The maximum Gasteiger partial charge on any atom is 0.229 e. The fraction of sp³-hybridized carbons (Fsp3) is 0.368. The number of rotatable bonds is 3. The molecular weight excluding hydrogens is 344 g/mol. The summed E-state index contributed by atoms with van der Waals surface area (Å²) in [5.74, 6) is 1.09. The third-order valence-corrected chi connectivity index (χ3v) is 4.14. The number of guanidine groups is 1. The Labute approximate surface area is 159 Å². The quantitative estimate of drug-likeness (QED) is 0.436. The molecule has 0 radical (unpaired) electrons. The van der Waals surface area contributed by atoms with Gasteiger partial charge in [0, 0.05) is 17.1 Å². The van der Waals surface area contributed by atoms with E-state index in [4.69, 9.17) is 12.2 Å². The second kappa shape index (κ2) is 7.78. The summed E-state index contributed by atoms with van der Waals surface area (Å²) >= 11 is 5.46. The SMILES string of the molecule is Cc1ccc(NC(=S)NC(=NC2CC2)Nc2nc(C)cc(C)n2)c(C)c1. The van der Waals surface area contributed by atoms with E-state index >= 15 is 0 Å². The molecule has 1 aromatic heterocycles. The maximum absolute atomic E-state index is 5.46. The Morgan fingerprint density at radius 2 is 1.73 bits per heavy atom. The molecule has 0 atom stereocenters. The van der Waals surface area contributed by atoms with Crippen LogP contribution >= 0.6 is 12.2 Å². The van der Waals surface area contributed by atoms with Gasteiger partial charge < -0.3 is 10.6 Å². The molecule has 0 bridgehead atoms. The van der Waals surface area contributed by atoms with Crippen molar-refractivity contribution in [1.29, 1.82) is 0 Å². The molecule has 1 aliphatic carbocycles. The Bertz CT molecular complexity index is 837. The predicted octanol–water partition coefficient (Wildman–Crippen LogP) is 3.63. The van der Waals surface area contributed by atoms with Gasteiger partial charge in [-0.25, -0.2) is 15.0 Å². The van der Waals surface area contributed by atoms with Gasteiger partial charge in [-0.1, -0.05) is 17.7 Å². The van der Waals surface area contributed by atoms with Crippen molar-refractivity contribution in [2.75, 3.05) is 10.6 Å². The highest BCUT2D eigenvalue weighted by atomic mass is 32.1. The molecule has 26 heavy (non-hydrogen) atoms. The Kier molecular flexibility index (Phi) is 5.46. The fourth-order valence-corrected chi connectivity index (χ4v) is 2.79. The van der Waals surface area contributed by atoms with Crippen LogP contribution in [-0.4, -0.2) is 27.1 Å². The molecule has 3 N–H and O–H groups in total. The second-order valence-corrected chi connectivity index (χ2v) is 7.11. The van der Waals surface area contributed by atoms with E-state index in [1.165, 1.54) is 5.56 Å². The number of aryl methyl sites for hydroxylation is 4. The van der Waals surface area contributed by atoms with E-state index in [0.29, 0.717) is 23.1 Å². The molecule has 0 spiro atoms. The van der Waals surface area contributed by atoms with Crippen LogP contribution in [0.15, 0.2) is 29.3 Å². The first kappa shape index (κ1) is 18.3. The van der Waals surface area contributed by atoms with Crippen molar-refractivity contribution >= 4 is 34.9 Å². The maximum atomic E-state index is 5.46. The lowest BCUT2D eigenvalue weighted by atomic mass is 10.1. The molecule has 1 aliphatic rings. The highest BCUT2D eigenvalue weighted by Gasteiger charge is 2.22. The van der Waals surface area contributed by atoms with Gasteiger partial charge in [-0.05, 0) is 70.5 Å². The molecule has 7 heteroatoms. The molecule has 1 saturated carbocycles. The average molecular weight is 369 g/mol. The highest BCUT2D eigenvalue weighted by Crippen LogP contribution is 2.23. The Balaban J connectivity index is 1.71. The van der Waals surface area contributed by atoms with Crippen molar-refractivity contribution in [2.45, 2.75) is 46.6 Å². The third kappa shape index (κ3) is 5.23. The van der Waals surface area contributed by atoms with Crippen LogP contribution in [0, 0.1) is 27.7 Å². The van der Waals surface area contributed by atoms with Gasteiger partial charge in [-0.15, -0.1) is 0 Å². The van der Waals surface area contributed by atoms with Crippen molar-refractivity contribution in [2.24, 2.45) is 4.99 Å². The Hall–Kier alpha value is -2.54. The molecule has 1 fully saturated rings. The molecule has 0 unspecified atom stereocenters. The fourth-order valence-electron chi connectivity index (χ4n) is 2.58. The first-order valence-corrected chi connectivity index (χ1v) is 9.12. The molecule has 2 aromatic rings. The summed E-state index contributed by atoms with van der Waals surface area (Å²) in [4.78, 5) is 13.5. The van der Waals surface area contributed by atoms with Crippen LogP contribution in [0.1, 0.15) is 35.4 Å². The second-order valence-electron chi connectivity index (χ2n) is 6.71. The van der Waals surface area contributed by atoms with Crippen LogP contribution in [-0.2, 0) is 0 Å². The van der Waals surface area contributed by atoms with Crippen molar-refractivity contribution in [3.05, 3.63) is 46.8 Å². The smallest absolute Gasteiger partial charge is 0.229 e. The molecule has 1 heterocycles. The van der Waals surface area contributed by atoms with Crippen LogP contribution in [0.25, 0.3) is 0 Å². The summed E-state index contributed by atoms with van der Waals surface area (Å²) in [5.41, 5.74) is 5.14. The minimum Gasteiger partial charge on any atom is -0.332 e. The number of benzene rings is 1. The number of nitrogens with one attached hydrogen (secondary N) is 3. The number of nitrogens with zero attached hydrogens (tertiary/aromatic N) is 3. The van der Waals surface area contributed by atoms with Crippen molar-refractivity contribution < 1.29 is 0 Å². The van der Waals surface area contributed by atoms with E-state index in [9.17, 15) is 0 Å². The zero-order valence-corrected chi connectivity index (χ0v) is 16.4. The number of anilines is 2. The van der Waals surface area contributed by atoms with Gasteiger partial charge >= 0.3 is 0 Å². The lowest BCUT2D eigenvalue weighted by Crippen LogP contribution is -2.39. The number of hydrogen-bond acceptors (Lipinski definition) is 4. The van der Waals surface area contributed by atoms with E-state index in [-0.39, 0.29) is 0 Å². The van der Waals surface area contributed by atoms with E-state index in [1.54, 1.807) is 0 Å². The van der Waals surface area contributed by atoms with Crippen LogP contribution in [0.3, 0.4) is 0 Å². The summed E-state index contributed by atoms with van der Waals surface area (Å²) in [6.07, 6.45) is 2.19. The molecular formula is C19H24N6S. The molecule has 6 nitrogen and oxygen atoms in total. The Morgan fingerprint density at radius 3 is 2.35 bits per heavy atom. The van der Waals surface area contributed by atoms with Crippen LogP contribution in [0.5, 0.6) is 0 Å². The predicted molar refractivity (Wildman–Crippen MR) is 111 cm³/mol. The number of thiocarbonyl (C=S) groups is 1. The number of hydrogen-bond donors (Lipinski definition) is 3. The summed E-state index contributed by atoms with van der Waals surface area (Å²) in [7, 11) is 0. The van der Waals surface area contributed by atoms with E-state index in [1.807, 2.05) is 26.0 Å². The monoisotopic (exact) mass is 368 g/mol. The summed E-state index contributed by atoms with van der Waals surface area (Å²) in [5, 5.41) is 10.0. The van der Waals surface area contributed by atoms with Gasteiger partial charge in [0.2, 0.25) is 11.9 Å². The summed E-state index contributed by atoms with van der Waals surface area (Å²) in [6, 6.07) is 8.46. The standard InChI is InChI=1S/C19H24N6S/c1-11-5-8-16(12(2)9-11)23-19(26)25-18(22-15-6-7-15)24-17-20-13(3)10-14(4)21-17/h5,8-10,15H,6-7H2,1-4H3,(H3,20,21,22,23,24,25,26). The lowest BCUT2D eigenvalue weighted by molar-refractivity contribution is 1.02. The highest BCUT2D eigenvalue weighted by molar-refractivity contribution is 7.80. The van der Waals surface area contributed by atoms with E-state index < -0.39 is 0 Å². The largest absolute Gasteiger partial charge is 0.332 e. The van der Waals surface area contributed by atoms with Crippen LogP contribution < -0.4 is 16.0 Å². The molecule has 0 saturated heterocycles. The molecule has 136 valence electrons. The van der Waals surface area contributed by atoms with Crippen molar-refractivity contribution in [1.82, 2.24) is 15.3 Å². The van der Waals surface area contributed by atoms with Crippen LogP contribution in [0.2, 0.25) is 0 Å². The number of aliphatic imine (C=N–C) groups is 1. The molecule has 3 rings (SSSR count). The van der Waals surface area contributed by atoms with Gasteiger partial charge in [0.1, 0.15) is 0 Å². The van der Waals surface area contributed by atoms with Crippen molar-refractivity contribution in [3.63, 3.8) is 0 Å². The minimum atomic E-state index is 0.333. The lowest BCUT2D eigenvalue weighted by Gasteiger charge is -2.15. The van der Waals surface area contributed by atoms with Gasteiger partial charge in [-0.3, -0.25) is 5.32 Å². The van der Waals surface area contributed by atoms with E-state index in [0.717, 1.165) is 35.5 Å². The van der Waals surface area contributed by atoms with Gasteiger partial charge in [-0.2, -0.15) is 0 Å². The van der Waals surface area contributed by atoms with Crippen LogP contribution in [0.4, 0.5) is 11.6 Å². The van der Waals surface area contributed by atoms with Gasteiger partial charge in [0.15, 0.2) is 5.11 Å². The average Bonchev–Trinajstić information content (AvgIpc) is 3.33. The first-order valence-electron chi connectivity index (χ1n) is 8.71.